The monoisotopic (exact) mass is 312 g/mol. The minimum atomic E-state index is 0.259. The number of halogens is 1. The number of nitrogens with zero attached hydrogens (tertiary/aromatic N) is 1. The van der Waals surface area contributed by atoms with Crippen molar-refractivity contribution in [3.8, 4) is 0 Å². The molecule has 1 fully saturated rings. The van der Waals surface area contributed by atoms with Gasteiger partial charge in [0.15, 0.2) is 0 Å². The molecule has 3 atom stereocenters. The van der Waals surface area contributed by atoms with Crippen LogP contribution in [0.25, 0.3) is 0 Å². The molecule has 18 heavy (non-hydrogen) atoms. The SMILES string of the molecule is C[C@@H]1CN([C@H](CN)c2ccccc2Br)C[C@H](C)O1. The van der Waals surface area contributed by atoms with Crippen molar-refractivity contribution < 1.29 is 4.74 Å². The molecule has 3 nitrogen and oxygen atoms in total. The van der Waals surface area contributed by atoms with Gasteiger partial charge in [-0.2, -0.15) is 0 Å². The number of nitrogens with two attached hydrogens (primary N) is 1. The molecule has 0 saturated carbocycles. The second kappa shape index (κ2) is 6.15. The molecule has 0 amide bonds. The Balaban J connectivity index is 2.20. The number of benzene rings is 1. The van der Waals surface area contributed by atoms with Crippen molar-refractivity contribution in [1.29, 1.82) is 0 Å². The summed E-state index contributed by atoms with van der Waals surface area (Å²) in [6.45, 7) is 6.75. The van der Waals surface area contributed by atoms with Gasteiger partial charge in [-0.25, -0.2) is 0 Å². The van der Waals surface area contributed by atoms with Gasteiger partial charge in [0.25, 0.3) is 0 Å². The molecule has 1 aromatic carbocycles. The van der Waals surface area contributed by atoms with Gasteiger partial charge in [0.2, 0.25) is 0 Å². The molecule has 0 aliphatic carbocycles. The van der Waals surface area contributed by atoms with Gasteiger partial charge in [-0.05, 0) is 25.5 Å². The molecule has 0 aromatic heterocycles. The van der Waals surface area contributed by atoms with E-state index in [1.165, 1.54) is 5.56 Å². The highest BCUT2D eigenvalue weighted by Crippen LogP contribution is 2.29. The molecule has 0 spiro atoms. The third kappa shape index (κ3) is 3.12. The summed E-state index contributed by atoms with van der Waals surface area (Å²) >= 11 is 3.62. The van der Waals surface area contributed by atoms with Gasteiger partial charge in [0, 0.05) is 30.1 Å². The quantitative estimate of drug-likeness (QED) is 0.932. The molecule has 0 unspecified atom stereocenters. The second-order valence-electron chi connectivity index (χ2n) is 4.98. The Morgan fingerprint density at radius 3 is 2.50 bits per heavy atom. The predicted octanol–water partition coefficient (Wildman–Crippen LogP) is 2.56. The number of hydrogen-bond donors (Lipinski definition) is 1. The Morgan fingerprint density at radius 1 is 1.33 bits per heavy atom. The average molecular weight is 313 g/mol. The maximum absolute atomic E-state index is 5.99. The van der Waals surface area contributed by atoms with Crippen LogP contribution in [0.5, 0.6) is 0 Å². The first kappa shape index (κ1) is 14.0. The molecule has 100 valence electrons. The first-order valence-electron chi connectivity index (χ1n) is 6.45. The highest BCUT2D eigenvalue weighted by molar-refractivity contribution is 9.10. The molecule has 1 heterocycles. The van der Waals surface area contributed by atoms with Crippen LogP contribution in [0.1, 0.15) is 25.5 Å². The molecule has 0 bridgehead atoms. The van der Waals surface area contributed by atoms with E-state index in [1.807, 2.05) is 6.07 Å². The lowest BCUT2D eigenvalue weighted by atomic mass is 10.0. The molecule has 1 aromatic rings. The maximum atomic E-state index is 5.99. The summed E-state index contributed by atoms with van der Waals surface area (Å²) in [6.07, 6.45) is 0.538. The van der Waals surface area contributed by atoms with Gasteiger partial charge in [-0.3, -0.25) is 4.90 Å². The van der Waals surface area contributed by atoms with E-state index in [-0.39, 0.29) is 18.2 Å². The Hall–Kier alpha value is -0.420. The number of hydrogen-bond acceptors (Lipinski definition) is 3. The minimum Gasteiger partial charge on any atom is -0.373 e. The summed E-state index contributed by atoms with van der Waals surface area (Å²) < 4.78 is 6.91. The number of morpholine rings is 1. The normalized spacial score (nSPS) is 27.1. The van der Waals surface area contributed by atoms with Crippen molar-refractivity contribution in [2.24, 2.45) is 5.73 Å². The lowest BCUT2D eigenvalue weighted by Crippen LogP contribution is -2.48. The largest absolute Gasteiger partial charge is 0.373 e. The Morgan fingerprint density at radius 2 is 1.94 bits per heavy atom. The summed E-state index contributed by atoms with van der Waals surface area (Å²) in [5.74, 6) is 0. The van der Waals surface area contributed by atoms with Gasteiger partial charge in [0.05, 0.1) is 12.2 Å². The maximum Gasteiger partial charge on any atom is 0.0678 e. The van der Waals surface area contributed by atoms with E-state index in [0.29, 0.717) is 6.54 Å². The fourth-order valence-corrected chi connectivity index (χ4v) is 3.24. The highest BCUT2D eigenvalue weighted by Gasteiger charge is 2.28. The van der Waals surface area contributed by atoms with Crippen LogP contribution in [-0.4, -0.2) is 36.7 Å². The zero-order valence-corrected chi connectivity index (χ0v) is 12.6. The molecule has 4 heteroatoms. The van der Waals surface area contributed by atoms with Crippen molar-refractivity contribution >= 4 is 15.9 Å². The van der Waals surface area contributed by atoms with E-state index in [4.69, 9.17) is 10.5 Å². The molecular formula is C14H21BrN2O. The molecule has 1 aliphatic heterocycles. The van der Waals surface area contributed by atoms with Crippen LogP contribution in [-0.2, 0) is 4.74 Å². The van der Waals surface area contributed by atoms with Crippen LogP contribution in [0.3, 0.4) is 0 Å². The molecule has 1 aliphatic rings. The van der Waals surface area contributed by atoms with E-state index >= 15 is 0 Å². The molecular weight excluding hydrogens is 292 g/mol. The van der Waals surface area contributed by atoms with Gasteiger partial charge in [-0.1, -0.05) is 34.1 Å². The number of rotatable bonds is 3. The van der Waals surface area contributed by atoms with E-state index in [1.54, 1.807) is 0 Å². The molecule has 2 N–H and O–H groups in total. The topological polar surface area (TPSA) is 38.5 Å². The highest BCUT2D eigenvalue weighted by atomic mass is 79.9. The van der Waals surface area contributed by atoms with Crippen LogP contribution in [0.2, 0.25) is 0 Å². The van der Waals surface area contributed by atoms with Crippen LogP contribution >= 0.6 is 15.9 Å². The van der Waals surface area contributed by atoms with Crippen molar-refractivity contribution in [2.45, 2.75) is 32.1 Å². The van der Waals surface area contributed by atoms with E-state index in [9.17, 15) is 0 Å². The minimum absolute atomic E-state index is 0.259. The summed E-state index contributed by atoms with van der Waals surface area (Å²) in [4.78, 5) is 2.43. The lowest BCUT2D eigenvalue weighted by Gasteiger charge is -2.40. The van der Waals surface area contributed by atoms with Gasteiger partial charge in [-0.15, -0.1) is 0 Å². The zero-order chi connectivity index (χ0) is 13.1. The Kier molecular flexibility index (Phi) is 4.78. The molecule has 1 saturated heterocycles. The summed E-state index contributed by atoms with van der Waals surface area (Å²) in [6, 6.07) is 8.58. The Labute approximate surface area is 117 Å². The second-order valence-corrected chi connectivity index (χ2v) is 5.84. The molecule has 2 rings (SSSR count). The van der Waals surface area contributed by atoms with Crippen LogP contribution in [0, 0.1) is 0 Å². The smallest absolute Gasteiger partial charge is 0.0678 e. The number of ether oxygens (including phenoxy) is 1. The van der Waals surface area contributed by atoms with Crippen molar-refractivity contribution in [2.75, 3.05) is 19.6 Å². The van der Waals surface area contributed by atoms with E-state index in [0.717, 1.165) is 17.6 Å². The van der Waals surface area contributed by atoms with Gasteiger partial charge < -0.3 is 10.5 Å². The van der Waals surface area contributed by atoms with Crippen LogP contribution in [0.15, 0.2) is 28.7 Å². The molecule has 0 radical (unpaired) electrons. The fraction of sp³-hybridized carbons (Fsp3) is 0.571. The standard InChI is InChI=1S/C14H21BrN2O/c1-10-8-17(9-11(2)18-10)14(7-16)12-5-3-4-6-13(12)15/h3-6,10-11,14H,7-9,16H2,1-2H3/t10-,11+,14-/m1/s1. The average Bonchev–Trinajstić information content (AvgIpc) is 2.31. The van der Waals surface area contributed by atoms with Crippen molar-refractivity contribution in [1.82, 2.24) is 4.90 Å². The lowest BCUT2D eigenvalue weighted by molar-refractivity contribution is -0.0800. The predicted molar refractivity (Wildman–Crippen MR) is 77.5 cm³/mol. The summed E-state index contributed by atoms with van der Waals surface area (Å²) in [5.41, 5.74) is 7.26. The fourth-order valence-electron chi connectivity index (χ4n) is 2.69. The van der Waals surface area contributed by atoms with E-state index in [2.05, 4.69) is 52.9 Å². The Bertz CT molecular complexity index is 389. The zero-order valence-electron chi connectivity index (χ0n) is 11.0. The van der Waals surface area contributed by atoms with Crippen molar-refractivity contribution in [3.05, 3.63) is 34.3 Å². The third-order valence-corrected chi connectivity index (χ3v) is 4.10. The third-order valence-electron chi connectivity index (χ3n) is 3.38. The van der Waals surface area contributed by atoms with Crippen molar-refractivity contribution in [3.63, 3.8) is 0 Å². The summed E-state index contributed by atoms with van der Waals surface area (Å²) in [5, 5.41) is 0. The van der Waals surface area contributed by atoms with Crippen LogP contribution < -0.4 is 5.73 Å². The van der Waals surface area contributed by atoms with Gasteiger partial charge in [0.1, 0.15) is 0 Å². The van der Waals surface area contributed by atoms with Crippen LogP contribution in [0.4, 0.5) is 0 Å². The van der Waals surface area contributed by atoms with E-state index < -0.39 is 0 Å². The first-order chi connectivity index (χ1) is 8.61. The summed E-state index contributed by atoms with van der Waals surface area (Å²) in [7, 11) is 0. The first-order valence-corrected chi connectivity index (χ1v) is 7.25. The van der Waals surface area contributed by atoms with Gasteiger partial charge >= 0.3 is 0 Å².